The maximum Gasteiger partial charge on any atom is 0.416 e. The minimum Gasteiger partial charge on any atom is -0.348 e. The number of nitrogens with one attached hydrogen (secondary N) is 1. The molecule has 0 spiro atoms. The maximum absolute atomic E-state index is 12.8. The lowest BCUT2D eigenvalue weighted by Crippen LogP contribution is -2.24. The van der Waals surface area contributed by atoms with Crippen LogP contribution in [0, 0.1) is 11.3 Å². The summed E-state index contributed by atoms with van der Waals surface area (Å²) in [4.78, 5) is 12.0. The second kappa shape index (κ2) is 7.07. The Morgan fingerprint density at radius 3 is 1.85 bits per heavy atom. The van der Waals surface area contributed by atoms with Crippen LogP contribution in [-0.4, -0.2) is 5.91 Å². The van der Waals surface area contributed by atoms with Crippen molar-refractivity contribution in [2.45, 2.75) is 18.9 Å². The molecule has 0 saturated carbocycles. The fourth-order valence-electron chi connectivity index (χ4n) is 2.07. The summed E-state index contributed by atoms with van der Waals surface area (Å²) < 4.78 is 76.8. The van der Waals surface area contributed by atoms with Crippen molar-refractivity contribution in [3.8, 4) is 6.07 Å². The van der Waals surface area contributed by atoms with Gasteiger partial charge in [0.1, 0.15) is 0 Å². The molecule has 2 aromatic carbocycles. The van der Waals surface area contributed by atoms with Crippen molar-refractivity contribution in [2.24, 2.45) is 0 Å². The van der Waals surface area contributed by atoms with Crippen molar-refractivity contribution in [3.05, 3.63) is 70.3 Å². The van der Waals surface area contributed by atoms with Gasteiger partial charge in [-0.05, 0) is 35.9 Å². The third-order valence-corrected chi connectivity index (χ3v) is 3.39. The van der Waals surface area contributed by atoms with E-state index in [9.17, 15) is 31.1 Å². The summed E-state index contributed by atoms with van der Waals surface area (Å²) in [6, 6.07) is 8.51. The molecular weight excluding hydrogens is 362 g/mol. The number of carbonyl (C=O) groups excluding carboxylic acids is 1. The van der Waals surface area contributed by atoms with Gasteiger partial charge in [0.15, 0.2) is 0 Å². The van der Waals surface area contributed by atoms with Crippen LogP contribution in [0.1, 0.15) is 32.6 Å². The van der Waals surface area contributed by atoms with Crippen molar-refractivity contribution in [3.63, 3.8) is 0 Å². The van der Waals surface area contributed by atoms with Crippen LogP contribution in [0.4, 0.5) is 26.3 Å². The molecule has 3 nitrogen and oxygen atoms in total. The molecule has 136 valence electrons. The number of rotatable bonds is 3. The number of amides is 1. The van der Waals surface area contributed by atoms with E-state index in [1.807, 2.05) is 6.07 Å². The molecule has 0 aliphatic rings. The first-order valence-electron chi connectivity index (χ1n) is 7.07. The molecule has 0 heterocycles. The highest BCUT2D eigenvalue weighted by molar-refractivity contribution is 5.94. The van der Waals surface area contributed by atoms with E-state index in [1.54, 1.807) is 0 Å². The van der Waals surface area contributed by atoms with Crippen molar-refractivity contribution < 1.29 is 31.1 Å². The normalized spacial score (nSPS) is 11.7. The standard InChI is InChI=1S/C17H10F6N2O/c18-16(19,20)13-5-12(6-14(7-13)17(21,22)23)15(26)25-9-11-3-1-10(8-24)2-4-11/h1-7H,9H2,(H,25,26). The summed E-state index contributed by atoms with van der Waals surface area (Å²) in [5.41, 5.74) is -2.97. The molecule has 0 atom stereocenters. The van der Waals surface area contributed by atoms with Gasteiger partial charge in [-0.15, -0.1) is 0 Å². The molecule has 2 rings (SSSR count). The molecule has 1 amide bonds. The first-order chi connectivity index (χ1) is 12.0. The maximum atomic E-state index is 12.8. The van der Waals surface area contributed by atoms with Gasteiger partial charge in [-0.3, -0.25) is 4.79 Å². The lowest BCUT2D eigenvalue weighted by molar-refractivity contribution is -0.143. The Morgan fingerprint density at radius 1 is 0.923 bits per heavy atom. The molecule has 0 aromatic heterocycles. The number of hydrogen-bond acceptors (Lipinski definition) is 2. The third kappa shape index (κ3) is 4.75. The summed E-state index contributed by atoms with van der Waals surface area (Å²) >= 11 is 0. The van der Waals surface area contributed by atoms with E-state index in [0.717, 1.165) is 0 Å². The van der Waals surface area contributed by atoms with Crippen LogP contribution in [0.3, 0.4) is 0 Å². The van der Waals surface area contributed by atoms with Gasteiger partial charge in [-0.25, -0.2) is 0 Å². The van der Waals surface area contributed by atoms with Crippen molar-refractivity contribution in [2.75, 3.05) is 0 Å². The van der Waals surface area contributed by atoms with Gasteiger partial charge in [0, 0.05) is 12.1 Å². The molecule has 2 aromatic rings. The largest absolute Gasteiger partial charge is 0.416 e. The van der Waals surface area contributed by atoms with E-state index in [-0.39, 0.29) is 12.6 Å². The molecule has 26 heavy (non-hydrogen) atoms. The smallest absolute Gasteiger partial charge is 0.348 e. The minimum atomic E-state index is -5.02. The molecular formula is C17H10F6N2O. The summed E-state index contributed by atoms with van der Waals surface area (Å²) in [5, 5.41) is 10.9. The molecule has 0 unspecified atom stereocenters. The molecule has 9 heteroatoms. The van der Waals surface area contributed by atoms with Crippen molar-refractivity contribution in [1.29, 1.82) is 5.26 Å². The molecule has 0 bridgehead atoms. The van der Waals surface area contributed by atoms with Gasteiger partial charge in [-0.1, -0.05) is 12.1 Å². The van der Waals surface area contributed by atoms with Gasteiger partial charge in [-0.2, -0.15) is 31.6 Å². The van der Waals surface area contributed by atoms with E-state index in [0.29, 0.717) is 23.3 Å². The SMILES string of the molecule is N#Cc1ccc(CNC(=O)c2cc(C(F)(F)F)cc(C(F)(F)F)c2)cc1. The number of nitriles is 1. The van der Waals surface area contributed by atoms with E-state index in [4.69, 9.17) is 5.26 Å². The summed E-state index contributed by atoms with van der Waals surface area (Å²) in [6.45, 7) is -0.123. The Balaban J connectivity index is 2.25. The molecule has 0 aliphatic carbocycles. The lowest BCUT2D eigenvalue weighted by Gasteiger charge is -2.14. The fraction of sp³-hybridized carbons (Fsp3) is 0.176. The van der Waals surface area contributed by atoms with Crippen LogP contribution in [-0.2, 0) is 18.9 Å². The highest BCUT2D eigenvalue weighted by Crippen LogP contribution is 2.36. The predicted octanol–water partition coefficient (Wildman–Crippen LogP) is 4.53. The Labute approximate surface area is 143 Å². The average molecular weight is 372 g/mol. The van der Waals surface area contributed by atoms with Crippen LogP contribution < -0.4 is 5.32 Å². The van der Waals surface area contributed by atoms with Crippen LogP contribution >= 0.6 is 0 Å². The van der Waals surface area contributed by atoms with Gasteiger partial charge >= 0.3 is 12.4 Å². The van der Waals surface area contributed by atoms with Crippen LogP contribution in [0.15, 0.2) is 42.5 Å². The van der Waals surface area contributed by atoms with E-state index >= 15 is 0 Å². The Kier molecular flexibility index (Phi) is 5.25. The number of benzene rings is 2. The van der Waals surface area contributed by atoms with Crippen LogP contribution in [0.2, 0.25) is 0 Å². The summed E-state index contributed by atoms with van der Waals surface area (Å²) in [6.07, 6.45) is -10.0. The first kappa shape index (κ1) is 19.3. The zero-order valence-electron chi connectivity index (χ0n) is 12.9. The second-order valence-electron chi connectivity index (χ2n) is 5.29. The highest BCUT2D eigenvalue weighted by Gasteiger charge is 2.37. The van der Waals surface area contributed by atoms with Crippen molar-refractivity contribution >= 4 is 5.91 Å². The molecule has 0 aliphatic heterocycles. The highest BCUT2D eigenvalue weighted by atomic mass is 19.4. The van der Waals surface area contributed by atoms with Crippen LogP contribution in [0.25, 0.3) is 0 Å². The van der Waals surface area contributed by atoms with Gasteiger partial charge in [0.05, 0.1) is 22.8 Å². The van der Waals surface area contributed by atoms with Gasteiger partial charge in [0.25, 0.3) is 5.91 Å². The lowest BCUT2D eigenvalue weighted by atomic mass is 10.0. The fourth-order valence-corrected chi connectivity index (χ4v) is 2.07. The first-order valence-corrected chi connectivity index (χ1v) is 7.07. The number of halogens is 6. The number of nitrogens with zero attached hydrogens (tertiary/aromatic N) is 1. The Bertz CT molecular complexity index is 815. The number of carbonyl (C=O) groups is 1. The monoisotopic (exact) mass is 372 g/mol. The Morgan fingerprint density at radius 2 is 1.42 bits per heavy atom. The molecule has 1 N–H and O–H groups in total. The van der Waals surface area contributed by atoms with E-state index in [1.165, 1.54) is 24.3 Å². The van der Waals surface area contributed by atoms with E-state index in [2.05, 4.69) is 5.32 Å². The van der Waals surface area contributed by atoms with E-state index < -0.39 is 35.0 Å². The Hall–Kier alpha value is -3.02. The number of alkyl halides is 6. The molecule has 0 saturated heterocycles. The topological polar surface area (TPSA) is 52.9 Å². The zero-order chi connectivity index (χ0) is 19.5. The molecule has 0 radical (unpaired) electrons. The van der Waals surface area contributed by atoms with Crippen LogP contribution in [0.5, 0.6) is 0 Å². The summed E-state index contributed by atoms with van der Waals surface area (Å²) in [7, 11) is 0. The van der Waals surface area contributed by atoms with Crippen molar-refractivity contribution in [1.82, 2.24) is 5.32 Å². The predicted molar refractivity (Wildman–Crippen MR) is 78.8 cm³/mol. The van der Waals surface area contributed by atoms with Gasteiger partial charge < -0.3 is 5.32 Å². The third-order valence-electron chi connectivity index (χ3n) is 3.39. The van der Waals surface area contributed by atoms with Gasteiger partial charge in [0.2, 0.25) is 0 Å². The minimum absolute atomic E-state index is 0.0443. The quantitative estimate of drug-likeness (QED) is 0.805. The summed E-state index contributed by atoms with van der Waals surface area (Å²) in [5.74, 6) is -1.08. The second-order valence-corrected chi connectivity index (χ2v) is 5.29. The number of hydrogen-bond donors (Lipinski definition) is 1. The average Bonchev–Trinajstić information content (AvgIpc) is 2.58. The molecule has 0 fully saturated rings. The zero-order valence-corrected chi connectivity index (χ0v) is 12.9.